The quantitative estimate of drug-likeness (QED) is 0.184. The zero-order chi connectivity index (χ0) is 38.9. The summed E-state index contributed by atoms with van der Waals surface area (Å²) in [4.78, 5) is 5.14. The zero-order valence-corrected chi connectivity index (χ0v) is 31.9. The van der Waals surface area contributed by atoms with Gasteiger partial charge in [-0.05, 0) is 78.4 Å². The van der Waals surface area contributed by atoms with Crippen LogP contribution in [-0.4, -0.2) is 24.8 Å². The Balaban J connectivity index is 0.962. The van der Waals surface area contributed by atoms with Crippen LogP contribution in [-0.2, 0) is 0 Å². The van der Waals surface area contributed by atoms with Gasteiger partial charge in [-0.3, -0.25) is 0 Å². The van der Waals surface area contributed by atoms with Gasteiger partial charge in [-0.2, -0.15) is 5.10 Å². The summed E-state index contributed by atoms with van der Waals surface area (Å²) in [7, 11) is 0. The summed E-state index contributed by atoms with van der Waals surface area (Å²) in [5, 5.41) is 14.7. The van der Waals surface area contributed by atoms with Crippen LogP contribution in [0.15, 0.2) is 211 Å². The summed E-state index contributed by atoms with van der Waals surface area (Å²) in [6, 6.07) is 68.9. The van der Waals surface area contributed by atoms with Gasteiger partial charge in [0.25, 0.3) is 0 Å². The Kier molecular flexibility index (Phi) is 7.50. The number of benzene rings is 8. The molecule has 59 heavy (non-hydrogen) atoms. The molecule has 0 amide bonds. The summed E-state index contributed by atoms with van der Waals surface area (Å²) in [5.74, 6) is 0.868. The molecule has 12 rings (SSSR count). The van der Waals surface area contributed by atoms with Gasteiger partial charge in [-0.25, -0.2) is 9.67 Å². The number of nitrogens with zero attached hydrogens (tertiary/aromatic N) is 5. The number of rotatable bonds is 6. The van der Waals surface area contributed by atoms with Gasteiger partial charge in [-0.15, -0.1) is 0 Å². The van der Waals surface area contributed by atoms with Crippen LogP contribution in [0.1, 0.15) is 22.7 Å². The van der Waals surface area contributed by atoms with Crippen LogP contribution < -0.4 is 5.32 Å². The van der Waals surface area contributed by atoms with Gasteiger partial charge in [0, 0.05) is 49.4 Å². The average Bonchev–Trinajstić information content (AvgIpc) is 4.00. The van der Waals surface area contributed by atoms with Crippen molar-refractivity contribution in [2.45, 2.75) is 6.04 Å². The molecule has 1 unspecified atom stereocenters. The van der Waals surface area contributed by atoms with Crippen LogP contribution in [0.3, 0.4) is 0 Å². The number of aliphatic imine (C=N–C) groups is 1. The number of aromatic nitrogens is 4. The Morgan fingerprint density at radius 2 is 1.02 bits per heavy atom. The first-order valence-corrected chi connectivity index (χ1v) is 20.0. The second kappa shape index (κ2) is 13.3. The molecule has 0 fully saturated rings. The number of para-hydroxylation sites is 3. The summed E-state index contributed by atoms with van der Waals surface area (Å²) in [6.45, 7) is 0. The lowest BCUT2D eigenvalue weighted by molar-refractivity contribution is 0.781. The second-order valence-electron chi connectivity index (χ2n) is 15.2. The van der Waals surface area contributed by atoms with Crippen molar-refractivity contribution in [2.75, 3.05) is 0 Å². The van der Waals surface area contributed by atoms with Crippen molar-refractivity contribution in [1.29, 1.82) is 0 Å². The third-order valence-electron chi connectivity index (χ3n) is 11.8. The molecule has 278 valence electrons. The highest BCUT2D eigenvalue weighted by atomic mass is 15.3. The number of fused-ring (bicyclic) bond motifs is 8. The second-order valence-corrected chi connectivity index (χ2v) is 15.2. The van der Waals surface area contributed by atoms with Gasteiger partial charge < -0.3 is 14.5 Å². The molecule has 0 aliphatic carbocycles. The Morgan fingerprint density at radius 3 is 1.78 bits per heavy atom. The first kappa shape index (κ1) is 33.2. The number of hydrogen-bond donors (Lipinski definition) is 1. The van der Waals surface area contributed by atoms with Crippen LogP contribution in [0, 0.1) is 0 Å². The molecule has 1 N–H and O–H groups in total. The minimum atomic E-state index is -0.00274. The maximum atomic E-state index is 5.14. The molecule has 6 nitrogen and oxygen atoms in total. The molecule has 4 heterocycles. The van der Waals surface area contributed by atoms with Gasteiger partial charge in [0.05, 0.1) is 51.2 Å². The molecule has 0 spiro atoms. The fourth-order valence-electron chi connectivity index (χ4n) is 9.05. The summed E-state index contributed by atoms with van der Waals surface area (Å²) >= 11 is 0. The fourth-order valence-corrected chi connectivity index (χ4v) is 9.05. The first-order valence-electron chi connectivity index (χ1n) is 20.0. The van der Waals surface area contributed by atoms with Crippen LogP contribution in [0.5, 0.6) is 0 Å². The number of amidine groups is 1. The van der Waals surface area contributed by atoms with Crippen molar-refractivity contribution < 1.29 is 0 Å². The highest BCUT2D eigenvalue weighted by molar-refractivity contribution is 6.18. The van der Waals surface area contributed by atoms with E-state index >= 15 is 0 Å². The van der Waals surface area contributed by atoms with Crippen LogP contribution in [0.2, 0.25) is 0 Å². The Labute approximate surface area is 340 Å². The van der Waals surface area contributed by atoms with E-state index < -0.39 is 0 Å². The van der Waals surface area contributed by atoms with Gasteiger partial charge in [-0.1, -0.05) is 127 Å². The molecule has 0 bridgehead atoms. The van der Waals surface area contributed by atoms with E-state index in [1.165, 1.54) is 38.1 Å². The highest BCUT2D eigenvalue weighted by Gasteiger charge is 2.21. The average molecular weight is 757 g/mol. The highest BCUT2D eigenvalue weighted by Crippen LogP contribution is 2.39. The predicted molar refractivity (Wildman–Crippen MR) is 243 cm³/mol. The maximum Gasteiger partial charge on any atom is 0.134 e. The van der Waals surface area contributed by atoms with Crippen molar-refractivity contribution in [3.8, 4) is 17.1 Å². The van der Waals surface area contributed by atoms with E-state index in [1.54, 1.807) is 0 Å². The molecule has 3 aromatic heterocycles. The van der Waals surface area contributed by atoms with E-state index in [0.29, 0.717) is 0 Å². The lowest BCUT2D eigenvalue weighted by atomic mass is 10.0. The van der Waals surface area contributed by atoms with E-state index in [9.17, 15) is 0 Å². The van der Waals surface area contributed by atoms with E-state index in [4.69, 9.17) is 10.1 Å². The van der Waals surface area contributed by atoms with Gasteiger partial charge in [0.15, 0.2) is 0 Å². The Morgan fingerprint density at radius 1 is 0.424 bits per heavy atom. The minimum absolute atomic E-state index is 0.00274. The largest absolute Gasteiger partial charge is 0.359 e. The molecule has 11 aromatic rings. The lowest BCUT2D eigenvalue weighted by Gasteiger charge is -2.24. The first-order chi connectivity index (χ1) is 29.3. The number of hydrogen-bond acceptors (Lipinski definition) is 3. The van der Waals surface area contributed by atoms with Gasteiger partial charge in [0.1, 0.15) is 5.84 Å². The van der Waals surface area contributed by atoms with Crippen LogP contribution in [0.4, 0.5) is 0 Å². The standard InChI is InChI=1S/C53H36N6/c1-4-14-35(15-5-1)46-33-47(56-53(55-46)37-16-6-2-7-17-37)36-24-26-39(27-25-36)57-48-22-12-11-21-42(48)44-32-40(28-30-50(44)57)59-51-31-29-43-41-20-10-13-23-49(41)58(38-18-8-3-9-19-38)52(43)45(51)34-54-59/h1-34,46H,(H,55,56). The third kappa shape index (κ3) is 5.34. The molecule has 0 radical (unpaired) electrons. The van der Waals surface area contributed by atoms with Crippen LogP contribution >= 0.6 is 0 Å². The van der Waals surface area contributed by atoms with Crippen molar-refractivity contribution in [2.24, 2.45) is 4.99 Å². The summed E-state index contributed by atoms with van der Waals surface area (Å²) < 4.78 is 6.82. The van der Waals surface area contributed by atoms with Gasteiger partial charge in [0.2, 0.25) is 0 Å². The molecule has 1 atom stereocenters. The Hall–Kier alpha value is -7.96. The van der Waals surface area contributed by atoms with Crippen LogP contribution in [0.25, 0.3) is 77.3 Å². The van der Waals surface area contributed by atoms with Crippen molar-refractivity contribution in [1.82, 2.24) is 24.2 Å². The van der Waals surface area contributed by atoms with E-state index in [-0.39, 0.29) is 6.04 Å². The van der Waals surface area contributed by atoms with Crippen molar-refractivity contribution >= 4 is 66.0 Å². The van der Waals surface area contributed by atoms with E-state index in [1.807, 2.05) is 12.3 Å². The SMILES string of the molecule is C1=C(c2ccc(-n3c4ccccc4c4cc(-n5ncc6c5ccc5c7ccccc7n(-c7ccccc7)c56)ccc43)cc2)N=C(c2ccccc2)NC1c1ccccc1. The predicted octanol–water partition coefficient (Wildman–Crippen LogP) is 12.4. The Bertz CT molecular complexity index is 3440. The number of nitrogens with one attached hydrogen (secondary N) is 1. The maximum absolute atomic E-state index is 5.14. The lowest BCUT2D eigenvalue weighted by Crippen LogP contribution is -2.31. The molecule has 0 saturated heterocycles. The smallest absolute Gasteiger partial charge is 0.134 e. The molecular formula is C53H36N6. The fraction of sp³-hybridized carbons (Fsp3) is 0.0189. The molecule has 0 saturated carbocycles. The van der Waals surface area contributed by atoms with Crippen molar-refractivity contribution in [3.63, 3.8) is 0 Å². The zero-order valence-electron chi connectivity index (χ0n) is 31.9. The van der Waals surface area contributed by atoms with E-state index in [0.717, 1.165) is 61.7 Å². The molecule has 8 aromatic carbocycles. The monoisotopic (exact) mass is 756 g/mol. The minimum Gasteiger partial charge on any atom is -0.359 e. The molecular weight excluding hydrogens is 721 g/mol. The molecule has 1 aliphatic rings. The normalized spacial score (nSPS) is 14.3. The topological polar surface area (TPSA) is 52.1 Å². The molecule has 6 heteroatoms. The van der Waals surface area contributed by atoms with Crippen molar-refractivity contribution in [3.05, 3.63) is 223 Å². The van der Waals surface area contributed by atoms with E-state index in [2.05, 4.69) is 213 Å². The van der Waals surface area contributed by atoms with Gasteiger partial charge >= 0.3 is 0 Å². The molecule has 1 aliphatic heterocycles. The summed E-state index contributed by atoms with van der Waals surface area (Å²) in [5.41, 5.74) is 13.2. The summed E-state index contributed by atoms with van der Waals surface area (Å²) in [6.07, 6.45) is 4.25. The third-order valence-corrected chi connectivity index (χ3v) is 11.8.